The van der Waals surface area contributed by atoms with Crippen molar-refractivity contribution < 1.29 is 20.1 Å². The van der Waals surface area contributed by atoms with Crippen molar-refractivity contribution in [3.63, 3.8) is 0 Å². The van der Waals surface area contributed by atoms with Gasteiger partial charge in [-0.1, -0.05) is 153 Å². The van der Waals surface area contributed by atoms with Crippen LogP contribution in [-0.4, -0.2) is 46.1 Å². The monoisotopic (exact) mass is 578 g/mol. The van der Waals surface area contributed by atoms with Gasteiger partial charge in [-0.3, -0.25) is 4.79 Å². The number of amides is 1. The van der Waals surface area contributed by atoms with Crippen molar-refractivity contribution in [2.45, 2.75) is 180 Å². The third-order valence-electron chi connectivity index (χ3n) is 7.75. The molecule has 1 amide bonds. The maximum atomic E-state index is 12.3. The molecule has 3 unspecified atom stereocenters. The van der Waals surface area contributed by atoms with Gasteiger partial charge in [0.1, 0.15) is 6.10 Å². The molecule has 5 nitrogen and oxygen atoms in total. The number of carbonyl (C=O) groups excluding carboxylic acids is 1. The zero-order valence-electron chi connectivity index (χ0n) is 26.9. The van der Waals surface area contributed by atoms with Crippen molar-refractivity contribution in [1.29, 1.82) is 0 Å². The number of hydrogen-bond acceptors (Lipinski definition) is 4. The van der Waals surface area contributed by atoms with E-state index in [1.54, 1.807) is 6.08 Å². The largest absolute Gasteiger partial charge is 0.394 e. The second-order valence-corrected chi connectivity index (χ2v) is 11.8. The second-order valence-electron chi connectivity index (χ2n) is 11.8. The summed E-state index contributed by atoms with van der Waals surface area (Å²) in [7, 11) is 0. The van der Waals surface area contributed by atoms with Gasteiger partial charge in [-0.25, -0.2) is 0 Å². The molecule has 41 heavy (non-hydrogen) atoms. The first-order valence-electron chi connectivity index (χ1n) is 17.3. The molecule has 0 aromatic carbocycles. The number of aliphatic hydroxyl groups is 3. The molecular weight excluding hydrogens is 510 g/mol. The first kappa shape index (κ1) is 39.6. The number of aliphatic hydroxyl groups excluding tert-OH is 3. The van der Waals surface area contributed by atoms with Crippen LogP contribution in [-0.2, 0) is 4.79 Å². The summed E-state index contributed by atoms with van der Waals surface area (Å²) < 4.78 is 0. The third kappa shape index (κ3) is 27.2. The maximum Gasteiger partial charge on any atom is 0.249 e. The van der Waals surface area contributed by atoms with E-state index >= 15 is 0 Å². The molecule has 3 atom stereocenters. The molecule has 0 aliphatic rings. The SMILES string of the molecule is CCCCC/C=C\C=C/CCCCCCCCCCCC(O)C(=O)NC(CO)C(O)/C=C/CCCCCCCCC. The number of rotatable bonds is 30. The molecule has 0 saturated heterocycles. The van der Waals surface area contributed by atoms with Crippen LogP contribution in [0.1, 0.15) is 162 Å². The predicted molar refractivity (Wildman–Crippen MR) is 176 cm³/mol. The Balaban J connectivity index is 3.74. The van der Waals surface area contributed by atoms with E-state index in [-0.39, 0.29) is 6.61 Å². The second kappa shape index (κ2) is 31.5. The standard InChI is InChI=1S/C36H67NO4/c1-3-5-7-9-11-13-14-15-16-17-18-19-20-21-23-25-27-29-31-35(40)36(41)37-33(32-38)34(39)30-28-26-24-22-12-10-8-6-4-2/h11,13-15,28,30,33-35,38-40H,3-10,12,16-27,29,31-32H2,1-2H3,(H,37,41)/b13-11-,15-14-,30-28+. The van der Waals surface area contributed by atoms with Gasteiger partial charge in [0.05, 0.1) is 18.8 Å². The van der Waals surface area contributed by atoms with E-state index in [9.17, 15) is 20.1 Å². The zero-order chi connectivity index (χ0) is 30.2. The number of allylic oxidation sites excluding steroid dienone is 5. The fraction of sp³-hybridized carbons (Fsp3) is 0.806. The first-order valence-corrected chi connectivity index (χ1v) is 17.3. The lowest BCUT2D eigenvalue weighted by atomic mass is 10.0. The molecule has 0 bridgehead atoms. The van der Waals surface area contributed by atoms with E-state index in [4.69, 9.17) is 0 Å². The highest BCUT2D eigenvalue weighted by atomic mass is 16.3. The molecule has 0 aromatic heterocycles. The third-order valence-corrected chi connectivity index (χ3v) is 7.75. The predicted octanol–water partition coefficient (Wildman–Crippen LogP) is 8.87. The maximum absolute atomic E-state index is 12.3. The molecular formula is C36H67NO4. The minimum Gasteiger partial charge on any atom is -0.394 e. The van der Waals surface area contributed by atoms with Crippen LogP contribution in [0.5, 0.6) is 0 Å². The molecule has 0 radical (unpaired) electrons. The Hall–Kier alpha value is -1.43. The number of nitrogens with one attached hydrogen (secondary N) is 1. The van der Waals surface area contributed by atoms with E-state index in [0.29, 0.717) is 6.42 Å². The Morgan fingerprint density at radius 2 is 1.02 bits per heavy atom. The fourth-order valence-electron chi connectivity index (χ4n) is 4.94. The Labute approximate surface area is 254 Å². The molecule has 0 aromatic rings. The van der Waals surface area contributed by atoms with E-state index in [2.05, 4.69) is 43.5 Å². The minimum atomic E-state index is -1.10. The molecule has 4 N–H and O–H groups in total. The van der Waals surface area contributed by atoms with Crippen LogP contribution in [0, 0.1) is 0 Å². The quantitative estimate of drug-likeness (QED) is 0.0390. The Morgan fingerprint density at radius 3 is 1.54 bits per heavy atom. The van der Waals surface area contributed by atoms with Crippen LogP contribution in [0.3, 0.4) is 0 Å². The van der Waals surface area contributed by atoms with Crippen molar-refractivity contribution in [2.24, 2.45) is 0 Å². The Bertz CT molecular complexity index is 645. The number of hydrogen-bond donors (Lipinski definition) is 4. The van der Waals surface area contributed by atoms with Crippen LogP contribution in [0.4, 0.5) is 0 Å². The lowest BCUT2D eigenvalue weighted by Crippen LogP contribution is -2.48. The molecule has 5 heteroatoms. The highest BCUT2D eigenvalue weighted by Crippen LogP contribution is 2.13. The summed E-state index contributed by atoms with van der Waals surface area (Å²) in [4.78, 5) is 12.3. The Morgan fingerprint density at radius 1 is 0.610 bits per heavy atom. The van der Waals surface area contributed by atoms with Gasteiger partial charge in [0.25, 0.3) is 0 Å². The van der Waals surface area contributed by atoms with Crippen LogP contribution in [0.25, 0.3) is 0 Å². The van der Waals surface area contributed by atoms with Gasteiger partial charge < -0.3 is 20.6 Å². The van der Waals surface area contributed by atoms with Gasteiger partial charge in [-0.05, 0) is 44.9 Å². The summed E-state index contributed by atoms with van der Waals surface area (Å²) in [5.74, 6) is -0.513. The Kier molecular flexibility index (Phi) is 30.4. The normalized spacial score (nSPS) is 14.4. The summed E-state index contributed by atoms with van der Waals surface area (Å²) in [5, 5.41) is 32.8. The average molecular weight is 578 g/mol. The topological polar surface area (TPSA) is 89.8 Å². The molecule has 0 aliphatic heterocycles. The van der Waals surface area contributed by atoms with E-state index < -0.39 is 24.2 Å². The molecule has 0 heterocycles. The molecule has 0 aliphatic carbocycles. The van der Waals surface area contributed by atoms with E-state index in [0.717, 1.165) is 32.1 Å². The number of carbonyl (C=O) groups is 1. The van der Waals surface area contributed by atoms with Crippen molar-refractivity contribution in [3.05, 3.63) is 36.5 Å². The van der Waals surface area contributed by atoms with Gasteiger partial charge >= 0.3 is 0 Å². The van der Waals surface area contributed by atoms with Crippen molar-refractivity contribution in [2.75, 3.05) is 6.61 Å². The van der Waals surface area contributed by atoms with Crippen LogP contribution in [0.15, 0.2) is 36.5 Å². The van der Waals surface area contributed by atoms with Gasteiger partial charge in [-0.2, -0.15) is 0 Å². The number of unbranched alkanes of at least 4 members (excludes halogenated alkanes) is 19. The summed E-state index contributed by atoms with van der Waals surface area (Å²) in [6.07, 6.45) is 37.3. The van der Waals surface area contributed by atoms with Crippen molar-refractivity contribution in [1.82, 2.24) is 5.32 Å². The lowest BCUT2D eigenvalue weighted by Gasteiger charge is -2.21. The van der Waals surface area contributed by atoms with E-state index in [1.807, 2.05) is 6.08 Å². The molecule has 0 fully saturated rings. The van der Waals surface area contributed by atoms with Gasteiger partial charge in [0.2, 0.25) is 5.91 Å². The fourth-order valence-corrected chi connectivity index (χ4v) is 4.94. The molecule has 0 saturated carbocycles. The zero-order valence-corrected chi connectivity index (χ0v) is 26.9. The molecule has 0 spiro atoms. The smallest absolute Gasteiger partial charge is 0.249 e. The molecule has 0 rings (SSSR count). The van der Waals surface area contributed by atoms with Gasteiger partial charge in [-0.15, -0.1) is 0 Å². The van der Waals surface area contributed by atoms with Crippen LogP contribution >= 0.6 is 0 Å². The van der Waals surface area contributed by atoms with Crippen molar-refractivity contribution in [3.8, 4) is 0 Å². The summed E-state index contributed by atoms with van der Waals surface area (Å²) in [5.41, 5.74) is 0. The van der Waals surface area contributed by atoms with Gasteiger partial charge in [0.15, 0.2) is 0 Å². The van der Waals surface area contributed by atoms with Crippen molar-refractivity contribution >= 4 is 5.91 Å². The highest BCUT2D eigenvalue weighted by Gasteiger charge is 2.22. The summed E-state index contributed by atoms with van der Waals surface area (Å²) in [6, 6.07) is -0.796. The van der Waals surface area contributed by atoms with Crippen LogP contribution < -0.4 is 5.32 Å². The van der Waals surface area contributed by atoms with Crippen LogP contribution in [0.2, 0.25) is 0 Å². The van der Waals surface area contributed by atoms with E-state index in [1.165, 1.54) is 109 Å². The lowest BCUT2D eigenvalue weighted by molar-refractivity contribution is -0.131. The minimum absolute atomic E-state index is 0.366. The summed E-state index contributed by atoms with van der Waals surface area (Å²) in [6.45, 7) is 4.09. The van der Waals surface area contributed by atoms with Gasteiger partial charge in [0, 0.05) is 0 Å². The molecule has 240 valence electrons. The first-order chi connectivity index (χ1) is 20.1. The summed E-state index contributed by atoms with van der Waals surface area (Å²) >= 11 is 0. The average Bonchev–Trinajstić information content (AvgIpc) is 2.98. The highest BCUT2D eigenvalue weighted by molar-refractivity contribution is 5.80.